The molecule has 0 spiro atoms. The monoisotopic (exact) mass is 484 g/mol. The fraction of sp³-hybridized carbons (Fsp3) is 0.935. The number of ether oxygens (including phenoxy) is 3. The average Bonchev–Trinajstić information content (AvgIpc) is 2.82. The smallest absolute Gasteiger partial charge is 0.288 e. The molecule has 0 N–H and O–H groups in total. The summed E-state index contributed by atoms with van der Waals surface area (Å²) in [6, 6.07) is 0. The van der Waals surface area contributed by atoms with Gasteiger partial charge < -0.3 is 14.2 Å². The highest BCUT2D eigenvalue weighted by atomic mass is 16.9. The molecule has 0 aromatic rings. The molecule has 0 saturated carbocycles. The van der Waals surface area contributed by atoms with Crippen molar-refractivity contribution in [2.24, 2.45) is 5.41 Å². The Labute approximate surface area is 215 Å². The molecule has 0 aromatic carbocycles. The predicted octanol–water partition coefficient (Wildman–Crippen LogP) is 10.6. The molecule has 0 amide bonds. The molecule has 3 nitrogen and oxygen atoms in total. The Bertz CT molecular complexity index is 392. The molecular weight excluding hydrogens is 420 g/mol. The number of allylic oxidation sites excluding steroid dienone is 1. The fourth-order valence-corrected chi connectivity index (χ4v) is 5.00. The SMILES string of the molecule is C=CC.CCCCCCCCCCC(CC)(CCCCCCCC)C(OCC)(OCC)OCC. The first kappa shape index (κ1) is 35.8. The van der Waals surface area contributed by atoms with Gasteiger partial charge in [-0.25, -0.2) is 0 Å². The van der Waals surface area contributed by atoms with Crippen LogP contribution in [0.2, 0.25) is 0 Å². The summed E-state index contributed by atoms with van der Waals surface area (Å²) in [5, 5.41) is 0. The molecule has 0 radical (unpaired) electrons. The lowest BCUT2D eigenvalue weighted by molar-refractivity contribution is -0.431. The second kappa shape index (κ2) is 25.7. The van der Waals surface area contributed by atoms with Gasteiger partial charge in [0, 0.05) is 19.8 Å². The van der Waals surface area contributed by atoms with Crippen molar-refractivity contribution in [3.05, 3.63) is 12.7 Å². The summed E-state index contributed by atoms with van der Waals surface area (Å²) in [5.41, 5.74) is -0.0675. The third-order valence-electron chi connectivity index (χ3n) is 6.85. The third-order valence-corrected chi connectivity index (χ3v) is 6.85. The highest BCUT2D eigenvalue weighted by Crippen LogP contribution is 2.48. The van der Waals surface area contributed by atoms with E-state index in [9.17, 15) is 0 Å². The Morgan fingerprint density at radius 3 is 1.09 bits per heavy atom. The second-order valence-corrected chi connectivity index (χ2v) is 9.64. The van der Waals surface area contributed by atoms with E-state index in [0.717, 1.165) is 19.3 Å². The van der Waals surface area contributed by atoms with Crippen molar-refractivity contribution in [3.8, 4) is 0 Å². The quantitative estimate of drug-likeness (QED) is 0.0774. The molecule has 0 aliphatic carbocycles. The van der Waals surface area contributed by atoms with Gasteiger partial charge in [0.1, 0.15) is 0 Å². The van der Waals surface area contributed by atoms with Crippen LogP contribution in [0.5, 0.6) is 0 Å². The Hall–Kier alpha value is -0.380. The summed E-state index contributed by atoms with van der Waals surface area (Å²) in [7, 11) is 0. The molecule has 0 aromatic heterocycles. The zero-order valence-electron chi connectivity index (χ0n) is 24.7. The first-order valence-corrected chi connectivity index (χ1v) is 15.0. The van der Waals surface area contributed by atoms with Crippen LogP contribution in [0.4, 0.5) is 0 Å². The predicted molar refractivity (Wildman–Crippen MR) is 151 cm³/mol. The maximum atomic E-state index is 6.34. The van der Waals surface area contributed by atoms with Crippen LogP contribution >= 0.6 is 0 Å². The van der Waals surface area contributed by atoms with Gasteiger partial charge in [-0.1, -0.05) is 117 Å². The first-order chi connectivity index (χ1) is 16.5. The molecular formula is C31H64O3. The second-order valence-electron chi connectivity index (χ2n) is 9.64. The Kier molecular flexibility index (Phi) is 27.1. The number of rotatable bonds is 24. The minimum atomic E-state index is -0.898. The van der Waals surface area contributed by atoms with Gasteiger partial charge in [0.05, 0.1) is 5.41 Å². The summed E-state index contributed by atoms with van der Waals surface area (Å²) in [6.07, 6.45) is 23.8. The van der Waals surface area contributed by atoms with Gasteiger partial charge in [0.15, 0.2) is 0 Å². The van der Waals surface area contributed by atoms with E-state index in [0.29, 0.717) is 19.8 Å². The molecule has 0 fully saturated rings. The standard InChI is InChI=1S/C28H58O3.C3H6/c1-7-13-15-17-19-20-22-24-26-27(9-3,25-23-21-18-16-14-8-2)28(29-10-4,30-11-5)31-12-6;1-3-2/h7-26H2,1-6H3;3H,1H2,2H3. The van der Waals surface area contributed by atoms with Gasteiger partial charge in [-0.15, -0.1) is 6.58 Å². The van der Waals surface area contributed by atoms with E-state index in [2.05, 4.69) is 48.1 Å². The van der Waals surface area contributed by atoms with E-state index in [1.165, 1.54) is 89.9 Å². The van der Waals surface area contributed by atoms with Crippen molar-refractivity contribution in [1.82, 2.24) is 0 Å². The van der Waals surface area contributed by atoms with Gasteiger partial charge in [-0.2, -0.15) is 0 Å². The molecule has 1 unspecified atom stereocenters. The van der Waals surface area contributed by atoms with Crippen molar-refractivity contribution in [1.29, 1.82) is 0 Å². The highest BCUT2D eigenvalue weighted by molar-refractivity contribution is 4.88. The van der Waals surface area contributed by atoms with Crippen LogP contribution < -0.4 is 0 Å². The van der Waals surface area contributed by atoms with Gasteiger partial charge in [-0.3, -0.25) is 0 Å². The summed E-state index contributed by atoms with van der Waals surface area (Å²) < 4.78 is 19.0. The lowest BCUT2D eigenvalue weighted by atomic mass is 9.73. The Morgan fingerprint density at radius 1 is 0.529 bits per heavy atom. The topological polar surface area (TPSA) is 27.7 Å². The van der Waals surface area contributed by atoms with E-state index in [-0.39, 0.29) is 5.41 Å². The normalized spacial score (nSPS) is 13.3. The van der Waals surface area contributed by atoms with Crippen LogP contribution in [0, 0.1) is 5.41 Å². The summed E-state index contributed by atoms with van der Waals surface area (Å²) in [5.74, 6) is -0.898. The zero-order valence-corrected chi connectivity index (χ0v) is 24.7. The van der Waals surface area contributed by atoms with Crippen LogP contribution in [0.25, 0.3) is 0 Å². The van der Waals surface area contributed by atoms with Crippen LogP contribution in [-0.4, -0.2) is 25.8 Å². The van der Waals surface area contributed by atoms with Crippen molar-refractivity contribution in [3.63, 3.8) is 0 Å². The fourth-order valence-electron chi connectivity index (χ4n) is 5.00. The molecule has 34 heavy (non-hydrogen) atoms. The van der Waals surface area contributed by atoms with Crippen LogP contribution in [0.15, 0.2) is 12.7 Å². The van der Waals surface area contributed by atoms with Gasteiger partial charge in [0.25, 0.3) is 5.97 Å². The Morgan fingerprint density at radius 2 is 0.824 bits per heavy atom. The maximum absolute atomic E-state index is 6.34. The molecule has 3 heteroatoms. The van der Waals surface area contributed by atoms with Crippen LogP contribution in [-0.2, 0) is 14.2 Å². The molecule has 0 aliphatic rings. The van der Waals surface area contributed by atoms with Gasteiger partial charge in [0.2, 0.25) is 0 Å². The molecule has 1 atom stereocenters. The van der Waals surface area contributed by atoms with E-state index in [1.54, 1.807) is 6.08 Å². The van der Waals surface area contributed by atoms with E-state index >= 15 is 0 Å². The number of hydrogen-bond acceptors (Lipinski definition) is 3. The highest BCUT2D eigenvalue weighted by Gasteiger charge is 2.53. The van der Waals surface area contributed by atoms with Gasteiger partial charge in [-0.05, 0) is 47.0 Å². The first-order valence-electron chi connectivity index (χ1n) is 15.0. The van der Waals surface area contributed by atoms with Crippen molar-refractivity contribution in [2.45, 2.75) is 164 Å². The maximum Gasteiger partial charge on any atom is 0.288 e. The number of hydrogen-bond donors (Lipinski definition) is 0. The minimum absolute atomic E-state index is 0.0675. The number of unbranched alkanes of at least 4 members (excludes halogenated alkanes) is 12. The lowest BCUT2D eigenvalue weighted by Gasteiger charge is -2.48. The molecule has 0 aliphatic heterocycles. The van der Waals surface area contributed by atoms with Crippen LogP contribution in [0.3, 0.4) is 0 Å². The van der Waals surface area contributed by atoms with Gasteiger partial charge >= 0.3 is 0 Å². The van der Waals surface area contributed by atoms with E-state index < -0.39 is 5.97 Å². The summed E-state index contributed by atoms with van der Waals surface area (Å²) in [6.45, 7) is 20.2. The molecule has 0 heterocycles. The zero-order chi connectivity index (χ0) is 26.0. The average molecular weight is 485 g/mol. The lowest BCUT2D eigenvalue weighted by Crippen LogP contribution is -2.54. The largest absolute Gasteiger partial charge is 0.327 e. The van der Waals surface area contributed by atoms with Crippen molar-refractivity contribution < 1.29 is 14.2 Å². The molecule has 0 saturated heterocycles. The minimum Gasteiger partial charge on any atom is -0.327 e. The van der Waals surface area contributed by atoms with Crippen molar-refractivity contribution in [2.75, 3.05) is 19.8 Å². The molecule has 0 rings (SSSR count). The summed E-state index contributed by atoms with van der Waals surface area (Å²) in [4.78, 5) is 0. The van der Waals surface area contributed by atoms with Crippen molar-refractivity contribution >= 4 is 0 Å². The van der Waals surface area contributed by atoms with E-state index in [1.807, 2.05) is 6.92 Å². The molecule has 206 valence electrons. The molecule has 0 bridgehead atoms. The van der Waals surface area contributed by atoms with E-state index in [4.69, 9.17) is 14.2 Å². The third kappa shape index (κ3) is 15.6. The Balaban J connectivity index is 0. The summed E-state index contributed by atoms with van der Waals surface area (Å²) >= 11 is 0. The van der Waals surface area contributed by atoms with Crippen LogP contribution in [0.1, 0.15) is 158 Å².